The van der Waals surface area contributed by atoms with Crippen molar-refractivity contribution in [3.05, 3.63) is 23.2 Å². The number of amides is 1. The third kappa shape index (κ3) is 2.12. The van der Waals surface area contributed by atoms with E-state index in [2.05, 4.69) is 15.9 Å². The monoisotopic (exact) mass is 329 g/mol. The van der Waals surface area contributed by atoms with Crippen LogP contribution in [0, 0.1) is 5.41 Å². The summed E-state index contributed by atoms with van der Waals surface area (Å²) in [7, 11) is 0. The Hall–Kier alpha value is -0.740. The standard InChI is InChI=1S/C13H13BrClNO2/c14-7-13(3-4-13)8-16-10-5-9(15)1-2-11(10)18-6-12(16)17/h1-2,5H,3-4,6-8H2. The van der Waals surface area contributed by atoms with Crippen molar-refractivity contribution in [2.45, 2.75) is 12.8 Å². The molecule has 0 spiro atoms. The van der Waals surface area contributed by atoms with Gasteiger partial charge in [0.25, 0.3) is 5.91 Å². The van der Waals surface area contributed by atoms with E-state index in [-0.39, 0.29) is 17.9 Å². The van der Waals surface area contributed by atoms with Gasteiger partial charge in [-0.05, 0) is 36.5 Å². The second kappa shape index (κ2) is 4.42. The van der Waals surface area contributed by atoms with E-state index in [0.29, 0.717) is 5.02 Å². The fourth-order valence-electron chi connectivity index (χ4n) is 2.19. The highest BCUT2D eigenvalue weighted by Crippen LogP contribution is 2.49. The summed E-state index contributed by atoms with van der Waals surface area (Å²) in [6.45, 7) is 0.862. The summed E-state index contributed by atoms with van der Waals surface area (Å²) in [6.07, 6.45) is 2.33. The molecule has 5 heteroatoms. The predicted molar refractivity (Wildman–Crippen MR) is 74.8 cm³/mol. The van der Waals surface area contributed by atoms with Gasteiger partial charge in [-0.25, -0.2) is 0 Å². The number of alkyl halides is 1. The molecular formula is C13H13BrClNO2. The van der Waals surface area contributed by atoms with E-state index in [1.807, 2.05) is 11.0 Å². The number of ether oxygens (including phenoxy) is 1. The van der Waals surface area contributed by atoms with E-state index < -0.39 is 0 Å². The maximum absolute atomic E-state index is 12.0. The van der Waals surface area contributed by atoms with Crippen molar-refractivity contribution in [3.63, 3.8) is 0 Å². The van der Waals surface area contributed by atoms with E-state index in [0.717, 1.165) is 23.3 Å². The highest BCUT2D eigenvalue weighted by atomic mass is 79.9. The van der Waals surface area contributed by atoms with Crippen molar-refractivity contribution in [1.29, 1.82) is 0 Å². The Kier molecular flexibility index (Phi) is 3.02. The van der Waals surface area contributed by atoms with Crippen LogP contribution in [-0.4, -0.2) is 24.4 Å². The summed E-state index contributed by atoms with van der Waals surface area (Å²) in [5.74, 6) is 0.751. The first-order valence-corrected chi connectivity index (χ1v) is 7.42. The largest absolute Gasteiger partial charge is 0.482 e. The fourth-order valence-corrected chi connectivity index (χ4v) is 3.10. The Balaban J connectivity index is 1.93. The van der Waals surface area contributed by atoms with Crippen LogP contribution in [0.2, 0.25) is 5.02 Å². The molecule has 1 heterocycles. The number of carbonyl (C=O) groups is 1. The van der Waals surface area contributed by atoms with Gasteiger partial charge in [-0.3, -0.25) is 4.79 Å². The van der Waals surface area contributed by atoms with Crippen molar-refractivity contribution < 1.29 is 9.53 Å². The van der Waals surface area contributed by atoms with E-state index in [1.165, 1.54) is 12.8 Å². The molecule has 1 aromatic rings. The van der Waals surface area contributed by atoms with Gasteiger partial charge < -0.3 is 9.64 Å². The normalized spacial score (nSPS) is 20.3. The van der Waals surface area contributed by atoms with Crippen molar-refractivity contribution >= 4 is 39.1 Å². The fraction of sp³-hybridized carbons (Fsp3) is 0.462. The molecule has 1 aliphatic heterocycles. The highest BCUT2D eigenvalue weighted by molar-refractivity contribution is 9.09. The number of hydrogen-bond donors (Lipinski definition) is 0. The van der Waals surface area contributed by atoms with Crippen LogP contribution in [0.15, 0.2) is 18.2 Å². The lowest BCUT2D eigenvalue weighted by atomic mass is 10.1. The van der Waals surface area contributed by atoms with Crippen LogP contribution in [0.5, 0.6) is 5.75 Å². The zero-order valence-corrected chi connectivity index (χ0v) is 12.1. The zero-order chi connectivity index (χ0) is 12.8. The summed E-state index contributed by atoms with van der Waals surface area (Å²) in [5, 5.41) is 1.56. The Morgan fingerprint density at radius 3 is 2.89 bits per heavy atom. The second-order valence-corrected chi connectivity index (χ2v) is 6.01. The maximum Gasteiger partial charge on any atom is 0.265 e. The van der Waals surface area contributed by atoms with Gasteiger partial charge in [0, 0.05) is 16.9 Å². The van der Waals surface area contributed by atoms with E-state index in [1.54, 1.807) is 12.1 Å². The van der Waals surface area contributed by atoms with Crippen LogP contribution in [-0.2, 0) is 4.79 Å². The third-order valence-corrected chi connectivity index (χ3v) is 5.02. The third-order valence-electron chi connectivity index (χ3n) is 3.60. The van der Waals surface area contributed by atoms with Gasteiger partial charge in [0.15, 0.2) is 6.61 Å². The van der Waals surface area contributed by atoms with E-state index >= 15 is 0 Å². The van der Waals surface area contributed by atoms with Crippen LogP contribution in [0.25, 0.3) is 0 Å². The quantitative estimate of drug-likeness (QED) is 0.796. The minimum absolute atomic E-state index is 0.0111. The summed E-state index contributed by atoms with van der Waals surface area (Å²) >= 11 is 9.55. The first-order valence-electron chi connectivity index (χ1n) is 5.92. The number of carbonyl (C=O) groups excluding carboxylic acids is 1. The average molecular weight is 331 g/mol. The van der Waals surface area contributed by atoms with Crippen LogP contribution >= 0.6 is 27.5 Å². The van der Waals surface area contributed by atoms with Crippen molar-refractivity contribution in [1.82, 2.24) is 0 Å². The summed E-state index contributed by atoms with van der Waals surface area (Å²) in [4.78, 5) is 13.9. The SMILES string of the molecule is O=C1COc2ccc(Cl)cc2N1CC1(CBr)CC1. The van der Waals surface area contributed by atoms with Gasteiger partial charge in [0.05, 0.1) is 5.69 Å². The van der Waals surface area contributed by atoms with Crippen molar-refractivity contribution in [2.75, 3.05) is 23.4 Å². The number of nitrogens with zero attached hydrogens (tertiary/aromatic N) is 1. The molecular weight excluding hydrogens is 318 g/mol. The second-order valence-electron chi connectivity index (χ2n) is 5.01. The van der Waals surface area contributed by atoms with E-state index in [9.17, 15) is 4.79 Å². The smallest absolute Gasteiger partial charge is 0.265 e. The molecule has 1 fully saturated rings. The Morgan fingerprint density at radius 2 is 2.22 bits per heavy atom. The van der Waals surface area contributed by atoms with Crippen molar-refractivity contribution in [3.8, 4) is 5.75 Å². The number of halogens is 2. The van der Waals surface area contributed by atoms with Crippen LogP contribution in [0.4, 0.5) is 5.69 Å². The van der Waals surface area contributed by atoms with Gasteiger partial charge in [0.1, 0.15) is 5.75 Å². The zero-order valence-electron chi connectivity index (χ0n) is 9.79. The minimum Gasteiger partial charge on any atom is -0.482 e. The molecule has 0 unspecified atom stereocenters. The minimum atomic E-state index is 0.0111. The predicted octanol–water partition coefficient (Wildman–Crippen LogP) is 3.24. The molecule has 0 N–H and O–H groups in total. The average Bonchev–Trinajstić information content (AvgIpc) is 3.14. The van der Waals surface area contributed by atoms with Gasteiger partial charge in [-0.15, -0.1) is 0 Å². The number of benzene rings is 1. The molecule has 0 aromatic heterocycles. The molecule has 1 aromatic carbocycles. The summed E-state index contributed by atoms with van der Waals surface area (Å²) < 4.78 is 5.43. The summed E-state index contributed by atoms with van der Waals surface area (Å²) in [5.41, 5.74) is 1.04. The Bertz CT molecular complexity index is 502. The molecule has 1 saturated carbocycles. The van der Waals surface area contributed by atoms with Gasteiger partial charge in [0.2, 0.25) is 0 Å². The van der Waals surface area contributed by atoms with Crippen LogP contribution < -0.4 is 9.64 Å². The number of hydrogen-bond acceptors (Lipinski definition) is 2. The lowest BCUT2D eigenvalue weighted by Gasteiger charge is -2.32. The molecule has 2 aliphatic rings. The Labute approximate surface area is 119 Å². The molecule has 1 aliphatic carbocycles. The van der Waals surface area contributed by atoms with Crippen LogP contribution in [0.1, 0.15) is 12.8 Å². The first kappa shape index (κ1) is 12.3. The van der Waals surface area contributed by atoms with Gasteiger partial charge in [-0.2, -0.15) is 0 Å². The molecule has 0 saturated heterocycles. The molecule has 1 amide bonds. The summed E-state index contributed by atoms with van der Waals surface area (Å²) in [6, 6.07) is 5.41. The molecule has 0 bridgehead atoms. The molecule has 3 rings (SSSR count). The molecule has 96 valence electrons. The molecule has 0 atom stereocenters. The lowest BCUT2D eigenvalue weighted by molar-refractivity contribution is -0.121. The number of rotatable bonds is 3. The molecule has 3 nitrogen and oxygen atoms in total. The van der Waals surface area contributed by atoms with Crippen molar-refractivity contribution in [2.24, 2.45) is 5.41 Å². The molecule has 18 heavy (non-hydrogen) atoms. The van der Waals surface area contributed by atoms with Crippen LogP contribution in [0.3, 0.4) is 0 Å². The highest BCUT2D eigenvalue weighted by Gasteiger charge is 2.45. The maximum atomic E-state index is 12.0. The van der Waals surface area contributed by atoms with E-state index in [4.69, 9.17) is 16.3 Å². The van der Waals surface area contributed by atoms with Gasteiger partial charge in [-0.1, -0.05) is 27.5 Å². The molecule has 0 radical (unpaired) electrons. The number of anilines is 1. The van der Waals surface area contributed by atoms with Gasteiger partial charge >= 0.3 is 0 Å². The Morgan fingerprint density at radius 1 is 1.44 bits per heavy atom. The topological polar surface area (TPSA) is 29.5 Å². The first-order chi connectivity index (χ1) is 8.63. The lowest BCUT2D eigenvalue weighted by Crippen LogP contribution is -2.42. The number of fused-ring (bicyclic) bond motifs is 1.